The average Bonchev–Trinajstić information content (AvgIpc) is 2.24. The zero-order valence-electron chi connectivity index (χ0n) is 10.4. The summed E-state index contributed by atoms with van der Waals surface area (Å²) in [4.78, 5) is 0.222. The van der Waals surface area contributed by atoms with Crippen molar-refractivity contribution in [3.8, 4) is 0 Å². The molecule has 0 saturated heterocycles. The smallest absolute Gasteiger partial charge is 0.297 e. The normalized spacial score (nSPS) is 11.7. The van der Waals surface area contributed by atoms with Crippen LogP contribution in [0.1, 0.15) is 18.1 Å². The van der Waals surface area contributed by atoms with E-state index in [0.717, 1.165) is 5.56 Å². The van der Waals surface area contributed by atoms with Crippen LogP contribution in [0.3, 0.4) is 0 Å². The fourth-order valence-electron chi connectivity index (χ4n) is 1.49. The molecule has 0 bridgehead atoms. The Kier molecular flexibility index (Phi) is 5.11. The molecule has 0 saturated carbocycles. The summed E-state index contributed by atoms with van der Waals surface area (Å²) in [7, 11) is -3.67. The Morgan fingerprint density at radius 3 is 2.47 bits per heavy atom. The minimum Gasteiger partial charge on any atom is -0.379 e. The van der Waals surface area contributed by atoms with E-state index < -0.39 is 10.1 Å². The van der Waals surface area contributed by atoms with Gasteiger partial charge in [-0.05, 0) is 32.4 Å². The molecule has 0 unspecified atom stereocenters. The third kappa shape index (κ3) is 4.11. The van der Waals surface area contributed by atoms with Crippen molar-refractivity contribution in [1.29, 1.82) is 0 Å². The number of rotatable bonds is 6. The predicted molar refractivity (Wildman–Crippen MR) is 65.5 cm³/mol. The topological polar surface area (TPSA) is 52.6 Å². The maximum atomic E-state index is 11.8. The van der Waals surface area contributed by atoms with Crippen molar-refractivity contribution in [3.63, 3.8) is 0 Å². The summed E-state index contributed by atoms with van der Waals surface area (Å²) < 4.78 is 33.6. The second kappa shape index (κ2) is 6.14. The molecule has 0 aliphatic heterocycles. The van der Waals surface area contributed by atoms with E-state index in [1.807, 2.05) is 19.9 Å². The molecule has 0 heterocycles. The van der Waals surface area contributed by atoms with E-state index in [1.165, 1.54) is 0 Å². The minimum absolute atomic E-state index is 0.0451. The Morgan fingerprint density at radius 2 is 1.88 bits per heavy atom. The molecule has 0 spiro atoms. The molecule has 17 heavy (non-hydrogen) atoms. The lowest BCUT2D eigenvalue weighted by atomic mass is 10.2. The molecular formula is C12H18O4S. The summed E-state index contributed by atoms with van der Waals surface area (Å²) in [6.45, 7) is 6.39. The lowest BCUT2D eigenvalue weighted by molar-refractivity contribution is 0.112. The van der Waals surface area contributed by atoms with Crippen molar-refractivity contribution < 1.29 is 17.3 Å². The number of hydrogen-bond acceptors (Lipinski definition) is 4. The van der Waals surface area contributed by atoms with Gasteiger partial charge in [0.1, 0.15) is 0 Å². The summed E-state index contributed by atoms with van der Waals surface area (Å²) in [5.74, 6) is 0. The van der Waals surface area contributed by atoms with Crippen LogP contribution >= 0.6 is 0 Å². The number of aryl methyl sites for hydroxylation is 2. The quantitative estimate of drug-likeness (QED) is 0.579. The van der Waals surface area contributed by atoms with Gasteiger partial charge in [-0.25, -0.2) is 0 Å². The molecule has 5 heteroatoms. The van der Waals surface area contributed by atoms with Crippen LogP contribution in [0.2, 0.25) is 0 Å². The minimum atomic E-state index is -3.67. The maximum absolute atomic E-state index is 11.8. The van der Waals surface area contributed by atoms with Gasteiger partial charge in [0.2, 0.25) is 0 Å². The highest BCUT2D eigenvalue weighted by molar-refractivity contribution is 7.86. The average molecular weight is 258 g/mol. The van der Waals surface area contributed by atoms with Gasteiger partial charge in [0, 0.05) is 6.61 Å². The summed E-state index contributed by atoms with van der Waals surface area (Å²) in [6.07, 6.45) is 0. The van der Waals surface area contributed by atoms with Crippen molar-refractivity contribution >= 4 is 10.1 Å². The summed E-state index contributed by atoms with van der Waals surface area (Å²) in [5, 5.41) is 0. The zero-order chi connectivity index (χ0) is 12.9. The van der Waals surface area contributed by atoms with Gasteiger partial charge in [0.25, 0.3) is 10.1 Å². The highest BCUT2D eigenvalue weighted by Gasteiger charge is 2.17. The van der Waals surface area contributed by atoms with Crippen LogP contribution in [0, 0.1) is 13.8 Å². The molecule has 0 atom stereocenters. The molecule has 1 aromatic carbocycles. The summed E-state index contributed by atoms with van der Waals surface area (Å²) >= 11 is 0. The molecule has 0 radical (unpaired) electrons. The van der Waals surface area contributed by atoms with Crippen LogP contribution in [0.15, 0.2) is 23.1 Å². The molecule has 0 aromatic heterocycles. The van der Waals surface area contributed by atoms with E-state index in [2.05, 4.69) is 0 Å². The Labute approximate surface area is 103 Å². The SMILES string of the molecule is CCOCCOS(=O)(=O)c1ccc(C)cc1C. The van der Waals surface area contributed by atoms with E-state index in [4.69, 9.17) is 8.92 Å². The van der Waals surface area contributed by atoms with Gasteiger partial charge < -0.3 is 4.74 Å². The van der Waals surface area contributed by atoms with E-state index in [0.29, 0.717) is 12.2 Å². The van der Waals surface area contributed by atoms with Crippen molar-refractivity contribution in [2.45, 2.75) is 25.7 Å². The van der Waals surface area contributed by atoms with E-state index in [9.17, 15) is 8.42 Å². The molecule has 0 aliphatic rings. The molecule has 0 aliphatic carbocycles. The van der Waals surface area contributed by atoms with Gasteiger partial charge >= 0.3 is 0 Å². The van der Waals surface area contributed by atoms with E-state index in [1.54, 1.807) is 19.1 Å². The largest absolute Gasteiger partial charge is 0.379 e. The van der Waals surface area contributed by atoms with Gasteiger partial charge in [-0.2, -0.15) is 8.42 Å². The first-order valence-corrected chi connectivity index (χ1v) is 6.92. The van der Waals surface area contributed by atoms with Crippen LogP contribution in [0.25, 0.3) is 0 Å². The fraction of sp³-hybridized carbons (Fsp3) is 0.500. The Morgan fingerprint density at radius 1 is 1.18 bits per heavy atom. The fourth-order valence-corrected chi connectivity index (χ4v) is 2.59. The first-order valence-electron chi connectivity index (χ1n) is 5.52. The van der Waals surface area contributed by atoms with Gasteiger partial charge in [0.15, 0.2) is 0 Å². The van der Waals surface area contributed by atoms with Crippen LogP contribution in [-0.4, -0.2) is 28.2 Å². The molecule has 0 N–H and O–H groups in total. The van der Waals surface area contributed by atoms with Crippen LogP contribution in [0.4, 0.5) is 0 Å². The highest BCUT2D eigenvalue weighted by atomic mass is 32.2. The first kappa shape index (κ1) is 14.2. The third-order valence-corrected chi connectivity index (χ3v) is 3.74. The molecule has 1 rings (SSSR count). The second-order valence-electron chi connectivity index (χ2n) is 3.74. The lowest BCUT2D eigenvalue weighted by Gasteiger charge is -2.08. The highest BCUT2D eigenvalue weighted by Crippen LogP contribution is 2.18. The Hall–Kier alpha value is -0.910. The van der Waals surface area contributed by atoms with E-state index in [-0.39, 0.29) is 18.1 Å². The molecule has 1 aromatic rings. The standard InChI is InChI=1S/C12H18O4S/c1-4-15-7-8-16-17(13,14)12-6-5-10(2)9-11(12)3/h5-6,9H,4,7-8H2,1-3H3. The molecule has 4 nitrogen and oxygen atoms in total. The van der Waals surface area contributed by atoms with Crippen molar-refractivity contribution in [3.05, 3.63) is 29.3 Å². The van der Waals surface area contributed by atoms with Crippen LogP contribution in [0.5, 0.6) is 0 Å². The van der Waals surface area contributed by atoms with Crippen molar-refractivity contribution in [2.75, 3.05) is 19.8 Å². The van der Waals surface area contributed by atoms with Crippen LogP contribution in [-0.2, 0) is 19.0 Å². The molecule has 96 valence electrons. The van der Waals surface area contributed by atoms with Crippen molar-refractivity contribution in [2.24, 2.45) is 0 Å². The number of ether oxygens (including phenoxy) is 1. The van der Waals surface area contributed by atoms with Gasteiger partial charge in [-0.1, -0.05) is 17.7 Å². The first-order chi connectivity index (χ1) is 7.97. The molecule has 0 amide bonds. The van der Waals surface area contributed by atoms with Gasteiger partial charge in [-0.3, -0.25) is 4.18 Å². The van der Waals surface area contributed by atoms with Crippen LogP contribution < -0.4 is 0 Å². The number of hydrogen-bond donors (Lipinski definition) is 0. The molecule has 0 fully saturated rings. The summed E-state index contributed by atoms with van der Waals surface area (Å²) in [5.41, 5.74) is 1.72. The van der Waals surface area contributed by atoms with E-state index >= 15 is 0 Å². The Balaban J connectivity index is 2.76. The lowest BCUT2D eigenvalue weighted by Crippen LogP contribution is -2.12. The number of benzene rings is 1. The van der Waals surface area contributed by atoms with Crippen molar-refractivity contribution in [1.82, 2.24) is 0 Å². The molecular weight excluding hydrogens is 240 g/mol. The monoisotopic (exact) mass is 258 g/mol. The Bertz CT molecular complexity index is 465. The van der Waals surface area contributed by atoms with Gasteiger partial charge in [0.05, 0.1) is 18.1 Å². The van der Waals surface area contributed by atoms with Gasteiger partial charge in [-0.15, -0.1) is 0 Å². The zero-order valence-corrected chi connectivity index (χ0v) is 11.2. The predicted octanol–water partition coefficient (Wildman–Crippen LogP) is 2.05. The third-order valence-electron chi connectivity index (χ3n) is 2.27. The summed E-state index contributed by atoms with van der Waals surface area (Å²) in [6, 6.07) is 5.14. The second-order valence-corrected chi connectivity index (χ2v) is 5.33. The maximum Gasteiger partial charge on any atom is 0.297 e.